The third-order valence-corrected chi connectivity index (χ3v) is 6.98. The Kier molecular flexibility index (Phi) is 8.48. The second-order valence-corrected chi connectivity index (χ2v) is 9.33. The summed E-state index contributed by atoms with van der Waals surface area (Å²) < 4.78 is 0. The summed E-state index contributed by atoms with van der Waals surface area (Å²) in [6.45, 7) is 1.26. The van der Waals surface area contributed by atoms with E-state index in [-0.39, 0.29) is 17.9 Å². The Hall–Kier alpha value is -2.39. The normalized spacial score (nSPS) is 24.9. The fraction of sp³-hybridized carbons (Fsp3) is 0.640. The molecule has 1 aliphatic heterocycles. The molecule has 1 saturated carbocycles. The van der Waals surface area contributed by atoms with E-state index in [2.05, 4.69) is 28.4 Å². The number of carbonyl (C=O) groups is 2. The number of amides is 2. The minimum atomic E-state index is -0.841. The highest BCUT2D eigenvalue weighted by atomic mass is 16.2. The van der Waals surface area contributed by atoms with Gasteiger partial charge in [-0.05, 0) is 37.2 Å². The molecule has 1 aromatic rings. The number of likely N-dealkylation sites (tertiary alicyclic amines) is 1. The summed E-state index contributed by atoms with van der Waals surface area (Å²) in [7, 11) is 0. The molecule has 31 heavy (non-hydrogen) atoms. The second kappa shape index (κ2) is 11.3. The lowest BCUT2D eigenvalue weighted by Crippen LogP contribution is -2.58. The quantitative estimate of drug-likeness (QED) is 0.635. The number of carbonyl (C=O) groups excluding carboxylic acids is 2. The molecule has 6 heteroatoms. The molecule has 1 saturated heterocycles. The third kappa shape index (κ3) is 7.07. The molecule has 3 rings (SSSR count). The molecule has 2 aliphatic rings. The summed E-state index contributed by atoms with van der Waals surface area (Å²) in [6, 6.07) is 12.7. The highest BCUT2D eigenvalue weighted by molar-refractivity contribution is 5.77. The number of hydrogen-bond donors (Lipinski definition) is 2. The van der Waals surface area contributed by atoms with E-state index in [1.807, 2.05) is 18.2 Å². The largest absolute Gasteiger partial charge is 0.370 e. The SMILES string of the molecule is N#CC1(NC(=O)CCC2CCCCC2)CCN(CCC(N)=O)C(Cc2ccccc2)C1. The standard InChI is InChI=1S/C25H36N4O2/c26-19-25(28-24(31)12-11-20-7-3-1-4-8-20)14-16-29(15-13-23(27)30)22(18-25)17-21-9-5-2-6-10-21/h2,5-6,9-10,20,22H,1,3-4,7-8,11-18H2,(H2,27,30)(H,28,31). The van der Waals surface area contributed by atoms with Gasteiger partial charge in [0.2, 0.25) is 11.8 Å². The van der Waals surface area contributed by atoms with E-state index in [4.69, 9.17) is 5.73 Å². The van der Waals surface area contributed by atoms with Crippen molar-refractivity contribution < 1.29 is 9.59 Å². The Labute approximate surface area is 186 Å². The van der Waals surface area contributed by atoms with Gasteiger partial charge in [0.05, 0.1) is 6.07 Å². The first kappa shape index (κ1) is 23.3. The van der Waals surface area contributed by atoms with Crippen LogP contribution in [0, 0.1) is 17.2 Å². The first-order valence-electron chi connectivity index (χ1n) is 11.8. The van der Waals surface area contributed by atoms with Crippen LogP contribution in [0.3, 0.4) is 0 Å². The minimum absolute atomic E-state index is 0.00355. The summed E-state index contributed by atoms with van der Waals surface area (Å²) in [5.74, 6) is 0.335. The molecular weight excluding hydrogens is 388 g/mol. The molecule has 168 valence electrons. The van der Waals surface area contributed by atoms with Crippen LogP contribution in [0.25, 0.3) is 0 Å². The lowest BCUT2D eigenvalue weighted by Gasteiger charge is -2.44. The predicted octanol–water partition coefficient (Wildman–Crippen LogP) is 3.31. The van der Waals surface area contributed by atoms with E-state index in [1.165, 1.54) is 37.7 Å². The van der Waals surface area contributed by atoms with E-state index < -0.39 is 5.54 Å². The summed E-state index contributed by atoms with van der Waals surface area (Å²) in [6.07, 6.45) is 9.96. The summed E-state index contributed by atoms with van der Waals surface area (Å²) in [5.41, 5.74) is 5.72. The van der Waals surface area contributed by atoms with Gasteiger partial charge in [0, 0.05) is 32.0 Å². The number of nitriles is 1. The maximum Gasteiger partial charge on any atom is 0.221 e. The topological polar surface area (TPSA) is 99.2 Å². The van der Waals surface area contributed by atoms with Crippen molar-refractivity contribution in [2.45, 2.75) is 82.2 Å². The summed E-state index contributed by atoms with van der Waals surface area (Å²) >= 11 is 0. The average molecular weight is 425 g/mol. The fourth-order valence-corrected chi connectivity index (χ4v) is 5.17. The van der Waals surface area contributed by atoms with E-state index in [0.29, 0.717) is 44.7 Å². The minimum Gasteiger partial charge on any atom is -0.370 e. The van der Waals surface area contributed by atoms with Crippen molar-refractivity contribution in [3.05, 3.63) is 35.9 Å². The predicted molar refractivity (Wildman–Crippen MR) is 121 cm³/mol. The Bertz CT molecular complexity index is 769. The van der Waals surface area contributed by atoms with Crippen LogP contribution in [-0.4, -0.2) is 41.4 Å². The van der Waals surface area contributed by atoms with Crippen LogP contribution in [0.1, 0.15) is 69.8 Å². The molecule has 0 bridgehead atoms. The molecule has 1 heterocycles. The zero-order chi connectivity index (χ0) is 22.1. The lowest BCUT2D eigenvalue weighted by molar-refractivity contribution is -0.123. The van der Waals surface area contributed by atoms with Gasteiger partial charge in [-0.1, -0.05) is 62.4 Å². The van der Waals surface area contributed by atoms with Gasteiger partial charge in [0.15, 0.2) is 0 Å². The number of rotatable bonds is 9. The molecule has 2 fully saturated rings. The van der Waals surface area contributed by atoms with Gasteiger partial charge >= 0.3 is 0 Å². The molecule has 3 N–H and O–H groups in total. The van der Waals surface area contributed by atoms with Crippen LogP contribution in [0.15, 0.2) is 30.3 Å². The molecule has 1 aliphatic carbocycles. The number of nitrogens with zero attached hydrogens (tertiary/aromatic N) is 2. The van der Waals surface area contributed by atoms with Gasteiger partial charge in [0.25, 0.3) is 0 Å². The van der Waals surface area contributed by atoms with Crippen LogP contribution in [0.2, 0.25) is 0 Å². The number of primary amides is 1. The van der Waals surface area contributed by atoms with Gasteiger partial charge in [-0.2, -0.15) is 5.26 Å². The molecule has 0 aromatic heterocycles. The highest BCUT2D eigenvalue weighted by Crippen LogP contribution is 2.30. The lowest BCUT2D eigenvalue weighted by atomic mass is 9.81. The average Bonchev–Trinajstić information content (AvgIpc) is 2.78. The van der Waals surface area contributed by atoms with Gasteiger partial charge in [-0.15, -0.1) is 0 Å². The Morgan fingerprint density at radius 3 is 2.58 bits per heavy atom. The zero-order valence-corrected chi connectivity index (χ0v) is 18.5. The molecule has 0 spiro atoms. The van der Waals surface area contributed by atoms with Crippen molar-refractivity contribution in [1.82, 2.24) is 10.2 Å². The molecule has 6 nitrogen and oxygen atoms in total. The van der Waals surface area contributed by atoms with E-state index in [1.54, 1.807) is 0 Å². The van der Waals surface area contributed by atoms with Crippen molar-refractivity contribution in [2.75, 3.05) is 13.1 Å². The van der Waals surface area contributed by atoms with Crippen LogP contribution < -0.4 is 11.1 Å². The van der Waals surface area contributed by atoms with Crippen molar-refractivity contribution in [3.63, 3.8) is 0 Å². The number of benzene rings is 1. The van der Waals surface area contributed by atoms with Gasteiger partial charge in [-0.3, -0.25) is 14.5 Å². The van der Waals surface area contributed by atoms with Crippen LogP contribution in [-0.2, 0) is 16.0 Å². The summed E-state index contributed by atoms with van der Waals surface area (Å²) in [4.78, 5) is 26.3. The van der Waals surface area contributed by atoms with E-state index in [0.717, 1.165) is 12.8 Å². The monoisotopic (exact) mass is 424 g/mol. The molecule has 2 unspecified atom stereocenters. The molecule has 0 radical (unpaired) electrons. The Balaban J connectivity index is 1.63. The summed E-state index contributed by atoms with van der Waals surface area (Å²) in [5, 5.41) is 13.1. The van der Waals surface area contributed by atoms with Crippen molar-refractivity contribution in [1.29, 1.82) is 5.26 Å². The molecule has 2 amide bonds. The van der Waals surface area contributed by atoms with Crippen molar-refractivity contribution in [2.24, 2.45) is 11.7 Å². The van der Waals surface area contributed by atoms with E-state index >= 15 is 0 Å². The van der Waals surface area contributed by atoms with Gasteiger partial charge < -0.3 is 11.1 Å². The van der Waals surface area contributed by atoms with Crippen LogP contribution in [0.4, 0.5) is 0 Å². The maximum absolute atomic E-state index is 12.7. The maximum atomic E-state index is 12.7. The Morgan fingerprint density at radius 1 is 1.16 bits per heavy atom. The fourth-order valence-electron chi connectivity index (χ4n) is 5.17. The molecule has 1 aromatic carbocycles. The smallest absolute Gasteiger partial charge is 0.221 e. The molecular formula is C25H36N4O2. The third-order valence-electron chi connectivity index (χ3n) is 6.98. The van der Waals surface area contributed by atoms with Crippen molar-refractivity contribution in [3.8, 4) is 6.07 Å². The van der Waals surface area contributed by atoms with Crippen molar-refractivity contribution >= 4 is 11.8 Å². The number of nitrogens with two attached hydrogens (primary N) is 1. The first-order chi connectivity index (χ1) is 15.0. The van der Waals surface area contributed by atoms with Gasteiger partial charge in [0.1, 0.15) is 5.54 Å². The number of piperidine rings is 1. The number of hydrogen-bond acceptors (Lipinski definition) is 4. The van der Waals surface area contributed by atoms with E-state index in [9.17, 15) is 14.9 Å². The van der Waals surface area contributed by atoms with Crippen LogP contribution >= 0.6 is 0 Å². The molecule has 2 atom stereocenters. The highest BCUT2D eigenvalue weighted by Gasteiger charge is 2.41. The first-order valence-corrected chi connectivity index (χ1v) is 11.8. The Morgan fingerprint density at radius 2 is 1.90 bits per heavy atom. The zero-order valence-electron chi connectivity index (χ0n) is 18.5. The number of nitrogens with one attached hydrogen (secondary N) is 1. The second-order valence-electron chi connectivity index (χ2n) is 9.33. The van der Waals surface area contributed by atoms with Gasteiger partial charge in [-0.25, -0.2) is 0 Å². The van der Waals surface area contributed by atoms with Crippen LogP contribution in [0.5, 0.6) is 0 Å².